The quantitative estimate of drug-likeness (QED) is 0.0490. The first-order valence-corrected chi connectivity index (χ1v) is 21.0. The summed E-state index contributed by atoms with van der Waals surface area (Å²) in [6, 6.07) is 0. The topological polar surface area (TPSA) is 52.6 Å². The van der Waals surface area contributed by atoms with Crippen molar-refractivity contribution in [3.63, 3.8) is 0 Å². The summed E-state index contributed by atoms with van der Waals surface area (Å²) in [5, 5.41) is 0. The van der Waals surface area contributed by atoms with Gasteiger partial charge in [-0.25, -0.2) is 0 Å². The van der Waals surface area contributed by atoms with E-state index in [1.165, 1.54) is 193 Å². The van der Waals surface area contributed by atoms with Gasteiger partial charge in [-0.15, -0.1) is 0 Å². The number of carbonyl (C=O) groups is 2. The maximum atomic E-state index is 12.0. The lowest BCUT2D eigenvalue weighted by molar-refractivity contribution is -0.144. The Hall–Kier alpha value is -1.06. The van der Waals surface area contributed by atoms with Gasteiger partial charge in [-0.1, -0.05) is 206 Å². The highest BCUT2D eigenvalue weighted by atomic mass is 16.5. The molecule has 46 heavy (non-hydrogen) atoms. The molecule has 0 aromatic carbocycles. The van der Waals surface area contributed by atoms with Gasteiger partial charge in [0.25, 0.3) is 0 Å². The fourth-order valence-electron chi connectivity index (χ4n) is 6.36. The van der Waals surface area contributed by atoms with Crippen LogP contribution in [0.5, 0.6) is 0 Å². The van der Waals surface area contributed by atoms with Crippen LogP contribution in [-0.4, -0.2) is 25.2 Å². The minimum Gasteiger partial charge on any atom is -0.466 e. The number of unbranched alkanes of at least 4 members (excludes halogenated alkanes) is 31. The van der Waals surface area contributed by atoms with Gasteiger partial charge in [0.05, 0.1) is 13.2 Å². The largest absolute Gasteiger partial charge is 0.466 e. The SMILES string of the molecule is CCCCCCCCCCCCCCCC(=O)OCCCCCCCCCCCCCCOC(=O)CCCCCCCCCCC. The predicted molar refractivity (Wildman–Crippen MR) is 199 cm³/mol. The minimum atomic E-state index is 0.00387. The van der Waals surface area contributed by atoms with Crippen molar-refractivity contribution in [2.24, 2.45) is 0 Å². The smallest absolute Gasteiger partial charge is 0.305 e. The molecule has 0 atom stereocenters. The Balaban J connectivity index is 3.20. The molecule has 0 amide bonds. The van der Waals surface area contributed by atoms with Crippen LogP contribution in [0.3, 0.4) is 0 Å². The number of ether oxygens (including phenoxy) is 2. The van der Waals surface area contributed by atoms with E-state index in [1.807, 2.05) is 0 Å². The van der Waals surface area contributed by atoms with E-state index in [9.17, 15) is 9.59 Å². The molecule has 4 heteroatoms. The van der Waals surface area contributed by atoms with Crippen LogP contribution >= 0.6 is 0 Å². The molecule has 0 aliphatic heterocycles. The standard InChI is InChI=1S/C42H82O4/c1-3-5-7-9-11-13-14-15-18-22-26-30-34-38-42(44)46-40-36-32-28-24-20-17-16-19-23-27-31-35-39-45-41(43)37-33-29-25-21-12-10-8-6-4-2/h3-40H2,1-2H3. The second-order valence-electron chi connectivity index (χ2n) is 14.3. The Bertz CT molecular complexity index is 604. The molecule has 274 valence electrons. The summed E-state index contributed by atoms with van der Waals surface area (Å²) in [6.45, 7) is 5.75. The summed E-state index contributed by atoms with van der Waals surface area (Å²) < 4.78 is 10.9. The molecule has 0 saturated heterocycles. The summed E-state index contributed by atoms with van der Waals surface area (Å²) in [4.78, 5) is 23.8. The van der Waals surface area contributed by atoms with E-state index in [-0.39, 0.29) is 11.9 Å². The first-order valence-electron chi connectivity index (χ1n) is 21.0. The van der Waals surface area contributed by atoms with Crippen molar-refractivity contribution in [2.75, 3.05) is 13.2 Å². The Morgan fingerprint density at radius 3 is 0.717 bits per heavy atom. The molecule has 0 rings (SSSR count). The van der Waals surface area contributed by atoms with Crippen LogP contribution in [0.2, 0.25) is 0 Å². The zero-order valence-electron chi connectivity index (χ0n) is 31.5. The third-order valence-corrected chi connectivity index (χ3v) is 9.53. The van der Waals surface area contributed by atoms with Crippen molar-refractivity contribution in [2.45, 2.75) is 245 Å². The predicted octanol–water partition coefficient (Wildman–Crippen LogP) is 14.2. The van der Waals surface area contributed by atoms with Gasteiger partial charge in [0, 0.05) is 12.8 Å². The normalized spacial score (nSPS) is 11.3. The molecule has 0 aliphatic rings. The van der Waals surface area contributed by atoms with Crippen molar-refractivity contribution in [3.8, 4) is 0 Å². The van der Waals surface area contributed by atoms with E-state index in [2.05, 4.69) is 13.8 Å². The molecule has 0 unspecified atom stereocenters. The first-order chi connectivity index (χ1) is 22.7. The van der Waals surface area contributed by atoms with E-state index in [0.29, 0.717) is 26.1 Å². The average Bonchev–Trinajstić information content (AvgIpc) is 3.05. The van der Waals surface area contributed by atoms with Crippen molar-refractivity contribution in [3.05, 3.63) is 0 Å². The maximum Gasteiger partial charge on any atom is 0.305 e. The van der Waals surface area contributed by atoms with Gasteiger partial charge < -0.3 is 9.47 Å². The molecule has 4 nitrogen and oxygen atoms in total. The summed E-state index contributed by atoms with van der Waals surface area (Å²) in [7, 11) is 0. The lowest BCUT2D eigenvalue weighted by Crippen LogP contribution is -2.05. The van der Waals surface area contributed by atoms with Crippen molar-refractivity contribution in [1.82, 2.24) is 0 Å². The maximum absolute atomic E-state index is 12.0. The summed E-state index contributed by atoms with van der Waals surface area (Å²) >= 11 is 0. The number of hydrogen-bond acceptors (Lipinski definition) is 4. The van der Waals surface area contributed by atoms with E-state index in [1.54, 1.807) is 0 Å². The van der Waals surface area contributed by atoms with E-state index in [4.69, 9.17) is 9.47 Å². The Labute approximate surface area is 288 Å². The zero-order valence-corrected chi connectivity index (χ0v) is 31.5. The highest BCUT2D eigenvalue weighted by molar-refractivity contribution is 5.69. The first kappa shape index (κ1) is 44.9. The number of carbonyl (C=O) groups excluding carboxylic acids is 2. The third-order valence-electron chi connectivity index (χ3n) is 9.53. The van der Waals surface area contributed by atoms with Crippen molar-refractivity contribution < 1.29 is 19.1 Å². The van der Waals surface area contributed by atoms with Gasteiger partial charge >= 0.3 is 11.9 Å². The Kier molecular flexibility index (Phi) is 39.2. The zero-order chi connectivity index (χ0) is 33.4. The van der Waals surface area contributed by atoms with Crippen LogP contribution in [-0.2, 0) is 19.1 Å². The van der Waals surface area contributed by atoms with Gasteiger partial charge in [-0.05, 0) is 25.7 Å². The van der Waals surface area contributed by atoms with Crippen LogP contribution in [0.4, 0.5) is 0 Å². The minimum absolute atomic E-state index is 0.00387. The molecular formula is C42H82O4. The number of rotatable bonds is 39. The van der Waals surface area contributed by atoms with Gasteiger partial charge in [0.15, 0.2) is 0 Å². The molecule has 0 radical (unpaired) electrons. The van der Waals surface area contributed by atoms with E-state index >= 15 is 0 Å². The average molecular weight is 651 g/mol. The number of hydrogen-bond donors (Lipinski definition) is 0. The summed E-state index contributed by atoms with van der Waals surface area (Å²) in [5.74, 6) is 0.0117. The molecule has 0 saturated carbocycles. The fraction of sp³-hybridized carbons (Fsp3) is 0.952. The van der Waals surface area contributed by atoms with Crippen LogP contribution in [0.15, 0.2) is 0 Å². The Morgan fingerprint density at radius 2 is 0.478 bits per heavy atom. The van der Waals surface area contributed by atoms with Crippen LogP contribution in [0.1, 0.15) is 245 Å². The van der Waals surface area contributed by atoms with Gasteiger partial charge in [0.1, 0.15) is 0 Å². The molecule has 0 fully saturated rings. The van der Waals surface area contributed by atoms with Gasteiger partial charge in [0.2, 0.25) is 0 Å². The van der Waals surface area contributed by atoms with E-state index < -0.39 is 0 Å². The van der Waals surface area contributed by atoms with E-state index in [0.717, 1.165) is 25.7 Å². The lowest BCUT2D eigenvalue weighted by Gasteiger charge is -2.06. The monoisotopic (exact) mass is 651 g/mol. The van der Waals surface area contributed by atoms with Gasteiger partial charge in [-0.3, -0.25) is 9.59 Å². The van der Waals surface area contributed by atoms with Crippen LogP contribution in [0.25, 0.3) is 0 Å². The summed E-state index contributed by atoms with van der Waals surface area (Å²) in [6.07, 6.45) is 44.9. The van der Waals surface area contributed by atoms with Crippen molar-refractivity contribution >= 4 is 11.9 Å². The van der Waals surface area contributed by atoms with Crippen LogP contribution in [0, 0.1) is 0 Å². The molecule has 0 aromatic heterocycles. The highest BCUT2D eigenvalue weighted by Crippen LogP contribution is 2.15. The highest BCUT2D eigenvalue weighted by Gasteiger charge is 2.04. The lowest BCUT2D eigenvalue weighted by atomic mass is 10.0. The fourth-order valence-corrected chi connectivity index (χ4v) is 6.36. The molecule has 0 spiro atoms. The van der Waals surface area contributed by atoms with Crippen molar-refractivity contribution in [1.29, 1.82) is 0 Å². The molecule has 0 aromatic rings. The van der Waals surface area contributed by atoms with Crippen LogP contribution < -0.4 is 0 Å². The molecule has 0 aliphatic carbocycles. The molecule has 0 heterocycles. The molecule has 0 bridgehead atoms. The van der Waals surface area contributed by atoms with Gasteiger partial charge in [-0.2, -0.15) is 0 Å². The molecule has 0 N–H and O–H groups in total. The Morgan fingerprint density at radius 1 is 0.283 bits per heavy atom. The molecular weight excluding hydrogens is 568 g/mol. The third kappa shape index (κ3) is 39.1. The second-order valence-corrected chi connectivity index (χ2v) is 14.3. The second kappa shape index (κ2) is 40.1. The number of esters is 2. The summed E-state index contributed by atoms with van der Waals surface area (Å²) in [5.41, 5.74) is 0.